The number of hydrogen-bond donors (Lipinski definition) is 0. The fourth-order valence-corrected chi connectivity index (χ4v) is 0. The summed E-state index contributed by atoms with van der Waals surface area (Å²) in [5, 5.41) is 0. The number of halogens is 3. The van der Waals surface area contributed by atoms with Crippen LogP contribution in [0.2, 0.25) is 0 Å². The van der Waals surface area contributed by atoms with Gasteiger partial charge in [0.25, 0.3) is 0 Å². The second-order valence-corrected chi connectivity index (χ2v) is 1.14. The Hall–Kier alpha value is 1.71. The van der Waals surface area contributed by atoms with Gasteiger partial charge in [0.2, 0.25) is 0 Å². The maximum atomic E-state index is 4.63. The Balaban J connectivity index is -0.0000000150. The predicted octanol–water partition coefficient (Wildman–Crippen LogP) is 1.75. The maximum absolute atomic E-state index is 4.63. The molecule has 0 aromatic carbocycles. The topological polar surface area (TPSA) is 9.23 Å². The molecular formula is C2H8Cl3OZr. The molecule has 5 heteroatoms. The molecule has 0 rings (SSSR count). The first-order chi connectivity index (χ1) is 1.91. The van der Waals surface area contributed by atoms with E-state index < -0.39 is 0 Å². The summed E-state index contributed by atoms with van der Waals surface area (Å²) in [6.07, 6.45) is 0. The van der Waals surface area contributed by atoms with Gasteiger partial charge in [-0.1, -0.05) is 0 Å². The number of rotatable bonds is 1. The third kappa shape index (κ3) is 34.2. The van der Waals surface area contributed by atoms with Crippen molar-refractivity contribution in [3.63, 3.8) is 0 Å². The molecule has 0 aliphatic rings. The van der Waals surface area contributed by atoms with Crippen LogP contribution in [0, 0.1) is 0 Å². The van der Waals surface area contributed by atoms with Crippen molar-refractivity contribution in [2.45, 2.75) is 6.92 Å². The van der Waals surface area contributed by atoms with Crippen molar-refractivity contribution in [1.82, 2.24) is 0 Å². The van der Waals surface area contributed by atoms with E-state index in [2.05, 4.69) is 2.81 Å². The van der Waals surface area contributed by atoms with Gasteiger partial charge in [-0.2, -0.15) is 0 Å². The monoisotopic (exact) mass is 243 g/mol. The van der Waals surface area contributed by atoms with Crippen LogP contribution in [0.1, 0.15) is 6.92 Å². The van der Waals surface area contributed by atoms with Crippen LogP contribution in [0.5, 0.6) is 0 Å². The Morgan fingerprint density at radius 2 is 1.43 bits per heavy atom. The van der Waals surface area contributed by atoms with Gasteiger partial charge in [-0.25, -0.2) is 0 Å². The molecule has 0 radical (unpaired) electrons. The molecule has 0 atom stereocenters. The minimum absolute atomic E-state index is 0. The van der Waals surface area contributed by atoms with Crippen molar-refractivity contribution >= 4 is 37.2 Å². The van der Waals surface area contributed by atoms with Crippen LogP contribution in [0.3, 0.4) is 0 Å². The maximum Gasteiger partial charge on any atom is -0.147 e. The van der Waals surface area contributed by atoms with E-state index in [4.69, 9.17) is 0 Å². The Morgan fingerprint density at radius 1 is 1.29 bits per heavy atom. The molecule has 0 amide bonds. The van der Waals surface area contributed by atoms with Crippen LogP contribution < -0.4 is 0 Å². The minimum Gasteiger partial charge on any atom is -0.147 e. The molecular weight excluding hydrogens is 238 g/mol. The standard InChI is InChI=1S/C2H5O.3ClH.Zr/c1-2-3;;;;/h2H2,1H3;3*1H;/q-1;;;;+1. The molecule has 47 valence electrons. The van der Waals surface area contributed by atoms with Crippen LogP contribution in [-0.2, 0) is 28.0 Å². The van der Waals surface area contributed by atoms with E-state index in [1.54, 1.807) is 0 Å². The van der Waals surface area contributed by atoms with Gasteiger partial charge in [0.15, 0.2) is 0 Å². The largest absolute Gasteiger partial charge is 0.147 e. The third-order valence-corrected chi connectivity index (χ3v) is 0.854. The SMILES string of the molecule is CC[O][Zr].Cl.Cl.Cl. The Kier molecular flexibility index (Phi) is 84.0. The number of hydrogen-bond acceptors (Lipinski definition) is 1. The van der Waals surface area contributed by atoms with E-state index in [1.807, 2.05) is 6.92 Å². The van der Waals surface area contributed by atoms with Crippen LogP contribution in [0.25, 0.3) is 0 Å². The van der Waals surface area contributed by atoms with Crippen molar-refractivity contribution in [2.75, 3.05) is 6.61 Å². The van der Waals surface area contributed by atoms with E-state index in [0.717, 1.165) is 6.61 Å². The third-order valence-electron chi connectivity index (χ3n) is 0.144. The summed E-state index contributed by atoms with van der Waals surface area (Å²) in [4.78, 5) is 0. The zero-order chi connectivity index (χ0) is 3.41. The predicted molar refractivity (Wildman–Crippen MR) is 33.4 cm³/mol. The Bertz CT molecular complexity index is 14.9. The summed E-state index contributed by atoms with van der Waals surface area (Å²) in [5.41, 5.74) is 0. The normalized spacial score (nSPS) is 4.00. The summed E-state index contributed by atoms with van der Waals surface area (Å²) in [6.45, 7) is 2.84. The average molecular weight is 246 g/mol. The van der Waals surface area contributed by atoms with Crippen molar-refractivity contribution in [2.24, 2.45) is 0 Å². The van der Waals surface area contributed by atoms with Crippen LogP contribution in [0.15, 0.2) is 0 Å². The average Bonchev–Trinajstić information content (AvgIpc) is 1.37. The van der Waals surface area contributed by atoms with Gasteiger partial charge >= 0.3 is 41.5 Å². The fraction of sp³-hybridized carbons (Fsp3) is 1.00. The van der Waals surface area contributed by atoms with E-state index in [0.29, 0.717) is 0 Å². The van der Waals surface area contributed by atoms with Crippen LogP contribution in [0.4, 0.5) is 0 Å². The first-order valence-electron chi connectivity index (χ1n) is 1.20. The molecule has 0 aromatic heterocycles. The molecule has 0 heterocycles. The molecule has 0 aliphatic heterocycles. The van der Waals surface area contributed by atoms with Gasteiger partial charge in [0, 0.05) is 0 Å². The Labute approximate surface area is 78.3 Å². The van der Waals surface area contributed by atoms with Gasteiger partial charge in [0.05, 0.1) is 0 Å². The molecule has 7 heavy (non-hydrogen) atoms. The fourth-order valence-electron chi connectivity index (χ4n) is 0. The smallest absolute Gasteiger partial charge is 0.147 e. The van der Waals surface area contributed by atoms with Gasteiger partial charge in [0.1, 0.15) is 0 Å². The van der Waals surface area contributed by atoms with Gasteiger partial charge < -0.3 is 0 Å². The van der Waals surface area contributed by atoms with Crippen molar-refractivity contribution < 1.29 is 28.0 Å². The molecule has 0 spiro atoms. The van der Waals surface area contributed by atoms with Crippen molar-refractivity contribution in [3.8, 4) is 0 Å². The quantitative estimate of drug-likeness (QED) is 0.684. The van der Waals surface area contributed by atoms with Crippen LogP contribution in [-0.4, -0.2) is 6.61 Å². The van der Waals surface area contributed by atoms with E-state index in [9.17, 15) is 0 Å². The van der Waals surface area contributed by atoms with Crippen LogP contribution >= 0.6 is 37.2 Å². The second kappa shape index (κ2) is 25.2. The molecule has 0 aromatic rings. The van der Waals surface area contributed by atoms with Gasteiger partial charge in [-0.3, -0.25) is 0 Å². The zero-order valence-electron chi connectivity index (χ0n) is 3.84. The molecule has 0 saturated heterocycles. The molecule has 1 nitrogen and oxygen atoms in total. The first-order valence-corrected chi connectivity index (χ1v) is 2.20. The molecule has 0 fully saturated rings. The molecule has 0 N–H and O–H groups in total. The minimum atomic E-state index is 0. The zero-order valence-corrected chi connectivity index (χ0v) is 8.75. The van der Waals surface area contributed by atoms with E-state index >= 15 is 0 Å². The summed E-state index contributed by atoms with van der Waals surface area (Å²) in [5.74, 6) is 0. The Morgan fingerprint density at radius 3 is 1.43 bits per heavy atom. The second-order valence-electron chi connectivity index (χ2n) is 0.433. The van der Waals surface area contributed by atoms with Gasteiger partial charge in [-0.05, 0) is 0 Å². The van der Waals surface area contributed by atoms with Crippen molar-refractivity contribution in [1.29, 1.82) is 0 Å². The summed E-state index contributed by atoms with van der Waals surface area (Å²) in [7, 11) is 0. The van der Waals surface area contributed by atoms with Crippen molar-refractivity contribution in [3.05, 3.63) is 0 Å². The molecule has 0 bridgehead atoms. The van der Waals surface area contributed by atoms with E-state index in [-0.39, 0.29) is 37.2 Å². The molecule has 0 unspecified atom stereocenters. The summed E-state index contributed by atoms with van der Waals surface area (Å²) in [6, 6.07) is 0. The summed E-state index contributed by atoms with van der Waals surface area (Å²) >= 11 is 1.17. The van der Waals surface area contributed by atoms with Gasteiger partial charge in [-0.15, -0.1) is 37.2 Å². The molecule has 0 aliphatic carbocycles. The summed E-state index contributed by atoms with van der Waals surface area (Å²) < 4.78 is 4.63. The first kappa shape index (κ1) is 23.3. The molecule has 0 saturated carbocycles. The van der Waals surface area contributed by atoms with E-state index in [1.165, 1.54) is 25.2 Å².